The van der Waals surface area contributed by atoms with Crippen LogP contribution in [0, 0.1) is 5.92 Å². The Morgan fingerprint density at radius 1 is 1.69 bits per heavy atom. The second-order valence-corrected chi connectivity index (χ2v) is 4.29. The molecule has 2 amide bonds. The molecule has 16 heavy (non-hydrogen) atoms. The van der Waals surface area contributed by atoms with E-state index >= 15 is 0 Å². The Morgan fingerprint density at radius 3 is 2.94 bits per heavy atom. The Morgan fingerprint density at radius 2 is 2.44 bits per heavy atom. The molecule has 94 valence electrons. The number of nitrogens with one attached hydrogen (secondary N) is 1. The summed E-state index contributed by atoms with van der Waals surface area (Å²) in [5.74, 6) is 0.244. The molecule has 0 bridgehead atoms. The number of rotatable bonds is 5. The minimum atomic E-state index is -0.0418. The van der Waals surface area contributed by atoms with E-state index in [0.29, 0.717) is 13.2 Å². The van der Waals surface area contributed by atoms with Gasteiger partial charge in [-0.05, 0) is 12.8 Å². The monoisotopic (exact) mass is 230 g/mol. The Kier molecular flexibility index (Phi) is 5.55. The van der Waals surface area contributed by atoms with Gasteiger partial charge >= 0.3 is 6.03 Å². The fourth-order valence-electron chi connectivity index (χ4n) is 1.89. The number of likely N-dealkylation sites (tertiary alicyclic amines) is 1. The first-order valence-electron chi connectivity index (χ1n) is 5.86. The van der Waals surface area contributed by atoms with Crippen LogP contribution in [0.2, 0.25) is 0 Å². The number of nitrogens with zero attached hydrogens (tertiary/aromatic N) is 1. The number of amides is 2. The number of hydrogen-bond acceptors (Lipinski definition) is 3. The lowest BCUT2D eigenvalue weighted by molar-refractivity contribution is 0.154. The van der Waals surface area contributed by atoms with Crippen LogP contribution in [0.1, 0.15) is 19.8 Å². The second-order valence-electron chi connectivity index (χ2n) is 4.29. The molecule has 0 saturated carbocycles. The molecular weight excluding hydrogens is 208 g/mol. The first-order valence-corrected chi connectivity index (χ1v) is 5.86. The summed E-state index contributed by atoms with van der Waals surface area (Å²) in [4.78, 5) is 13.6. The van der Waals surface area contributed by atoms with Crippen molar-refractivity contribution in [2.24, 2.45) is 5.92 Å². The summed E-state index contributed by atoms with van der Waals surface area (Å²) >= 11 is 0. The molecule has 1 aliphatic heterocycles. The van der Waals surface area contributed by atoms with Crippen LogP contribution in [0.15, 0.2) is 0 Å². The standard InChI is InChI=1S/C11H22N2O3/c1-3-10(8-16-2)12-11(15)13-5-4-9(6-13)7-14/h9-10,14H,3-8H2,1-2H3,(H,12,15). The van der Waals surface area contributed by atoms with Gasteiger partial charge in [-0.2, -0.15) is 0 Å². The molecule has 1 fully saturated rings. The predicted octanol–water partition coefficient (Wildman–Crippen LogP) is 0.435. The largest absolute Gasteiger partial charge is 0.396 e. The van der Waals surface area contributed by atoms with E-state index in [1.54, 1.807) is 12.0 Å². The SMILES string of the molecule is CCC(COC)NC(=O)N1CCC(CO)C1. The summed E-state index contributed by atoms with van der Waals surface area (Å²) in [5, 5.41) is 11.9. The van der Waals surface area contributed by atoms with Crippen molar-refractivity contribution in [3.05, 3.63) is 0 Å². The average Bonchev–Trinajstić information content (AvgIpc) is 2.76. The summed E-state index contributed by atoms with van der Waals surface area (Å²) in [7, 11) is 1.63. The predicted molar refractivity (Wildman–Crippen MR) is 61.3 cm³/mol. The Balaban J connectivity index is 2.34. The summed E-state index contributed by atoms with van der Waals surface area (Å²) in [6.45, 7) is 4.12. The summed E-state index contributed by atoms with van der Waals surface area (Å²) in [5.41, 5.74) is 0. The van der Waals surface area contributed by atoms with Gasteiger partial charge < -0.3 is 20.1 Å². The molecular formula is C11H22N2O3. The fourth-order valence-corrected chi connectivity index (χ4v) is 1.89. The minimum Gasteiger partial charge on any atom is -0.396 e. The topological polar surface area (TPSA) is 61.8 Å². The number of methoxy groups -OCH3 is 1. The van der Waals surface area contributed by atoms with E-state index in [1.165, 1.54) is 0 Å². The number of carbonyl (C=O) groups is 1. The van der Waals surface area contributed by atoms with Gasteiger partial charge in [-0.3, -0.25) is 0 Å². The van der Waals surface area contributed by atoms with Crippen LogP contribution in [0.25, 0.3) is 0 Å². The molecule has 0 aliphatic carbocycles. The third-order valence-corrected chi connectivity index (χ3v) is 3.02. The zero-order valence-electron chi connectivity index (χ0n) is 10.1. The van der Waals surface area contributed by atoms with Crippen molar-refractivity contribution in [1.29, 1.82) is 0 Å². The first kappa shape index (κ1) is 13.3. The van der Waals surface area contributed by atoms with E-state index in [-0.39, 0.29) is 24.6 Å². The fraction of sp³-hybridized carbons (Fsp3) is 0.909. The van der Waals surface area contributed by atoms with E-state index in [9.17, 15) is 4.79 Å². The van der Waals surface area contributed by atoms with Gasteiger partial charge in [0.1, 0.15) is 0 Å². The molecule has 0 aromatic carbocycles. The molecule has 5 nitrogen and oxygen atoms in total. The lowest BCUT2D eigenvalue weighted by Gasteiger charge is -2.22. The number of hydrogen-bond donors (Lipinski definition) is 2. The smallest absolute Gasteiger partial charge is 0.317 e. The van der Waals surface area contributed by atoms with E-state index in [1.807, 2.05) is 6.92 Å². The van der Waals surface area contributed by atoms with Crippen molar-refractivity contribution in [1.82, 2.24) is 10.2 Å². The number of aliphatic hydroxyl groups excluding tert-OH is 1. The van der Waals surface area contributed by atoms with Gasteiger partial charge in [0.25, 0.3) is 0 Å². The highest BCUT2D eigenvalue weighted by molar-refractivity contribution is 5.74. The molecule has 2 unspecified atom stereocenters. The van der Waals surface area contributed by atoms with Crippen molar-refractivity contribution >= 4 is 6.03 Å². The highest BCUT2D eigenvalue weighted by Crippen LogP contribution is 2.15. The van der Waals surface area contributed by atoms with Crippen LogP contribution in [-0.4, -0.2) is 55.5 Å². The molecule has 2 N–H and O–H groups in total. The van der Waals surface area contributed by atoms with Crippen molar-refractivity contribution in [2.45, 2.75) is 25.8 Å². The molecule has 5 heteroatoms. The number of aliphatic hydroxyl groups is 1. The summed E-state index contributed by atoms with van der Waals surface area (Å²) < 4.78 is 5.03. The van der Waals surface area contributed by atoms with Crippen molar-refractivity contribution in [3.8, 4) is 0 Å². The van der Waals surface area contributed by atoms with E-state index in [2.05, 4.69) is 5.32 Å². The van der Waals surface area contributed by atoms with Crippen LogP contribution < -0.4 is 5.32 Å². The molecule has 0 spiro atoms. The van der Waals surface area contributed by atoms with Gasteiger partial charge in [0.05, 0.1) is 12.6 Å². The van der Waals surface area contributed by atoms with E-state index < -0.39 is 0 Å². The first-order chi connectivity index (χ1) is 7.71. The highest BCUT2D eigenvalue weighted by atomic mass is 16.5. The van der Waals surface area contributed by atoms with Gasteiger partial charge in [0.2, 0.25) is 0 Å². The van der Waals surface area contributed by atoms with Gasteiger partial charge in [-0.25, -0.2) is 4.79 Å². The zero-order valence-corrected chi connectivity index (χ0v) is 10.1. The van der Waals surface area contributed by atoms with Crippen molar-refractivity contribution in [2.75, 3.05) is 33.4 Å². The number of carbonyl (C=O) groups excluding carboxylic acids is 1. The lowest BCUT2D eigenvalue weighted by atomic mass is 10.1. The van der Waals surface area contributed by atoms with Gasteiger partial charge in [-0.1, -0.05) is 6.92 Å². The van der Waals surface area contributed by atoms with Crippen LogP contribution >= 0.6 is 0 Å². The van der Waals surface area contributed by atoms with E-state index in [4.69, 9.17) is 9.84 Å². The van der Waals surface area contributed by atoms with Gasteiger partial charge in [0, 0.05) is 32.7 Å². The molecule has 0 aromatic rings. The molecule has 1 saturated heterocycles. The highest BCUT2D eigenvalue weighted by Gasteiger charge is 2.26. The zero-order chi connectivity index (χ0) is 12.0. The van der Waals surface area contributed by atoms with Crippen molar-refractivity contribution < 1.29 is 14.6 Å². The summed E-state index contributed by atoms with van der Waals surface area (Å²) in [6, 6.07) is 0.0329. The molecule has 1 heterocycles. The van der Waals surface area contributed by atoms with Crippen molar-refractivity contribution in [3.63, 3.8) is 0 Å². The Labute approximate surface area is 96.8 Å². The molecule has 2 atom stereocenters. The van der Waals surface area contributed by atoms with E-state index in [0.717, 1.165) is 19.4 Å². The molecule has 0 radical (unpaired) electrons. The van der Waals surface area contributed by atoms with Crippen LogP contribution in [-0.2, 0) is 4.74 Å². The summed E-state index contributed by atoms with van der Waals surface area (Å²) in [6.07, 6.45) is 1.75. The van der Waals surface area contributed by atoms with Gasteiger partial charge in [-0.15, -0.1) is 0 Å². The maximum Gasteiger partial charge on any atom is 0.317 e. The maximum atomic E-state index is 11.8. The molecule has 0 aromatic heterocycles. The quantitative estimate of drug-likeness (QED) is 0.720. The third-order valence-electron chi connectivity index (χ3n) is 3.02. The van der Waals surface area contributed by atoms with Gasteiger partial charge in [0.15, 0.2) is 0 Å². The third kappa shape index (κ3) is 3.64. The van der Waals surface area contributed by atoms with Crippen LogP contribution in [0.5, 0.6) is 0 Å². The second kappa shape index (κ2) is 6.70. The minimum absolute atomic E-state index is 0.0418. The Hall–Kier alpha value is -0.810. The van der Waals surface area contributed by atoms with Crippen LogP contribution in [0.4, 0.5) is 4.79 Å². The molecule has 1 rings (SSSR count). The lowest BCUT2D eigenvalue weighted by Crippen LogP contribution is -2.45. The Bertz CT molecular complexity index is 223. The normalized spacial score (nSPS) is 22.2. The maximum absolute atomic E-state index is 11.8. The average molecular weight is 230 g/mol. The van der Waals surface area contributed by atoms with Crippen LogP contribution in [0.3, 0.4) is 0 Å². The number of urea groups is 1. The number of ether oxygens (including phenoxy) is 1. The molecule has 1 aliphatic rings.